The summed E-state index contributed by atoms with van der Waals surface area (Å²) in [6.07, 6.45) is 4.02. The van der Waals surface area contributed by atoms with Crippen molar-refractivity contribution in [2.24, 2.45) is 0 Å². The Morgan fingerprint density at radius 2 is 1.23 bits per heavy atom. The van der Waals surface area contributed by atoms with Gasteiger partial charge >= 0.3 is 0 Å². The van der Waals surface area contributed by atoms with Crippen LogP contribution in [0.15, 0.2) is 97.3 Å². The highest BCUT2D eigenvalue weighted by molar-refractivity contribution is 6.39. The summed E-state index contributed by atoms with van der Waals surface area (Å²) >= 11 is 0. The third-order valence-electron chi connectivity index (χ3n) is 7.13. The Kier molecular flexibility index (Phi) is 2.96. The number of hydrogen-bond donors (Lipinski definition) is 0. The molecule has 0 saturated carbocycles. The Hall–Kier alpha value is -3.65. The molecule has 0 unspecified atom stereocenters. The van der Waals surface area contributed by atoms with Crippen molar-refractivity contribution in [3.8, 4) is 22.3 Å². The molecule has 0 saturated heterocycles. The zero-order valence-corrected chi connectivity index (χ0v) is 16.7. The zero-order chi connectivity index (χ0) is 19.9. The summed E-state index contributed by atoms with van der Waals surface area (Å²) in [6.45, 7) is 0. The Bertz CT molecular complexity index is 1470. The normalized spacial score (nSPS) is 14.4. The Morgan fingerprint density at radius 1 is 0.567 bits per heavy atom. The van der Waals surface area contributed by atoms with E-state index in [0.29, 0.717) is 0 Å². The summed E-state index contributed by atoms with van der Waals surface area (Å²) in [6, 6.07) is 31.4. The van der Waals surface area contributed by atoms with Gasteiger partial charge in [0.2, 0.25) is 0 Å². The van der Waals surface area contributed by atoms with E-state index in [2.05, 4.69) is 104 Å². The monoisotopic (exact) mass is 379 g/mol. The van der Waals surface area contributed by atoms with E-state index in [4.69, 9.17) is 0 Å². The second kappa shape index (κ2) is 5.49. The number of benzene rings is 4. The van der Waals surface area contributed by atoms with E-state index in [1.807, 2.05) is 6.20 Å². The average Bonchev–Trinajstić information content (AvgIpc) is 3.10. The van der Waals surface area contributed by atoms with Crippen LogP contribution < -0.4 is 5.46 Å². The van der Waals surface area contributed by atoms with Crippen LogP contribution in [0, 0.1) is 0 Å². The smallest absolute Gasteiger partial charge is 0.140 e. The summed E-state index contributed by atoms with van der Waals surface area (Å²) in [5.74, 6) is 0. The van der Waals surface area contributed by atoms with Crippen LogP contribution >= 0.6 is 0 Å². The summed E-state index contributed by atoms with van der Waals surface area (Å²) in [7, 11) is 2.22. The van der Waals surface area contributed by atoms with Gasteiger partial charge in [-0.3, -0.25) is 4.98 Å². The highest BCUT2D eigenvalue weighted by atomic mass is 14.6. The predicted octanol–water partition coefficient (Wildman–Crippen LogP) is 4.84. The molecule has 7 rings (SSSR count). The fourth-order valence-electron chi connectivity index (χ4n) is 5.98. The van der Waals surface area contributed by atoms with Gasteiger partial charge in [-0.05, 0) is 61.3 Å². The van der Waals surface area contributed by atoms with Gasteiger partial charge in [0.15, 0.2) is 0 Å². The highest BCUT2D eigenvalue weighted by Crippen LogP contribution is 2.61. The van der Waals surface area contributed by atoms with Crippen molar-refractivity contribution < 1.29 is 0 Å². The van der Waals surface area contributed by atoms with Crippen LogP contribution in [0.25, 0.3) is 33.0 Å². The van der Waals surface area contributed by atoms with Crippen molar-refractivity contribution in [3.05, 3.63) is 120 Å². The van der Waals surface area contributed by atoms with Crippen molar-refractivity contribution in [2.75, 3.05) is 0 Å². The van der Waals surface area contributed by atoms with Crippen molar-refractivity contribution in [3.63, 3.8) is 0 Å². The largest absolute Gasteiger partial charge is 0.264 e. The zero-order valence-electron chi connectivity index (χ0n) is 16.7. The van der Waals surface area contributed by atoms with Crippen molar-refractivity contribution in [1.29, 1.82) is 0 Å². The van der Waals surface area contributed by atoms with Crippen LogP contribution in [0.5, 0.6) is 0 Å². The van der Waals surface area contributed by atoms with Gasteiger partial charge in [-0.15, -0.1) is 0 Å². The summed E-state index contributed by atoms with van der Waals surface area (Å²) < 4.78 is 0. The van der Waals surface area contributed by atoms with Gasteiger partial charge in [-0.2, -0.15) is 0 Å². The fraction of sp³-hybridized carbons (Fsp3) is 0.0357. The van der Waals surface area contributed by atoms with Gasteiger partial charge in [-0.1, -0.05) is 84.3 Å². The van der Waals surface area contributed by atoms with E-state index in [-0.39, 0.29) is 5.41 Å². The van der Waals surface area contributed by atoms with Gasteiger partial charge in [0.25, 0.3) is 0 Å². The minimum atomic E-state index is -0.336. The first-order chi connectivity index (χ1) is 14.8. The number of nitrogens with zero attached hydrogens (tertiary/aromatic N) is 1. The topological polar surface area (TPSA) is 12.9 Å². The molecule has 1 heterocycles. The first-order valence-electron chi connectivity index (χ1n) is 10.5. The number of pyridine rings is 1. The molecule has 0 aliphatic heterocycles. The Balaban J connectivity index is 1.80. The number of rotatable bonds is 0. The maximum atomic E-state index is 4.62. The van der Waals surface area contributed by atoms with Crippen LogP contribution in [0.1, 0.15) is 22.3 Å². The molecule has 0 fully saturated rings. The summed E-state index contributed by atoms with van der Waals surface area (Å²) in [4.78, 5) is 4.62. The Labute approximate surface area is 176 Å². The molecule has 30 heavy (non-hydrogen) atoms. The number of fused-ring (bicyclic) bond motifs is 9. The average molecular weight is 379 g/mol. The Morgan fingerprint density at radius 3 is 2.00 bits per heavy atom. The standard InChI is InChI=1S/C28H18BN/c29-26-13-12-20-19-14-15-30-16-25(19)28(24-11-5-8-21(26)27(20)24)22-9-3-1-6-17(22)18-7-2-4-10-23(18)28/h1-16H,29H2. The third kappa shape index (κ3) is 1.70. The van der Waals surface area contributed by atoms with Crippen molar-refractivity contribution in [2.45, 2.75) is 5.41 Å². The van der Waals surface area contributed by atoms with Gasteiger partial charge < -0.3 is 0 Å². The molecule has 1 aromatic heterocycles. The van der Waals surface area contributed by atoms with Crippen LogP contribution in [-0.4, -0.2) is 12.8 Å². The lowest BCUT2D eigenvalue weighted by atomic mass is 9.61. The maximum Gasteiger partial charge on any atom is 0.140 e. The van der Waals surface area contributed by atoms with Gasteiger partial charge in [0.05, 0.1) is 5.41 Å². The van der Waals surface area contributed by atoms with Gasteiger partial charge in [0.1, 0.15) is 7.85 Å². The first-order valence-corrected chi connectivity index (χ1v) is 10.5. The molecule has 4 aromatic carbocycles. The van der Waals surface area contributed by atoms with Crippen LogP contribution in [0.3, 0.4) is 0 Å². The molecule has 1 nitrogen and oxygen atoms in total. The molecule has 2 aliphatic carbocycles. The SMILES string of the molecule is Bc1ccc2c3c(cccc13)C1(c3ccccc3-c3ccccc31)c1cnccc1-2. The minimum Gasteiger partial charge on any atom is -0.264 e. The van der Waals surface area contributed by atoms with E-state index in [1.165, 1.54) is 60.7 Å². The van der Waals surface area contributed by atoms with Crippen molar-refractivity contribution in [1.82, 2.24) is 4.98 Å². The lowest BCUT2D eigenvalue weighted by Crippen LogP contribution is -2.32. The van der Waals surface area contributed by atoms with Gasteiger partial charge in [-0.25, -0.2) is 0 Å². The molecule has 0 N–H and O–H groups in total. The molecule has 0 bridgehead atoms. The van der Waals surface area contributed by atoms with Crippen LogP contribution in [0.2, 0.25) is 0 Å². The minimum absolute atomic E-state index is 0.336. The van der Waals surface area contributed by atoms with Crippen LogP contribution in [0.4, 0.5) is 0 Å². The molecule has 0 atom stereocenters. The number of hydrogen-bond acceptors (Lipinski definition) is 1. The molecular weight excluding hydrogens is 361 g/mol. The number of aromatic nitrogens is 1. The summed E-state index contributed by atoms with van der Waals surface area (Å²) in [5, 5.41) is 2.72. The van der Waals surface area contributed by atoms with Gasteiger partial charge in [0, 0.05) is 12.4 Å². The van der Waals surface area contributed by atoms with Crippen molar-refractivity contribution >= 4 is 24.1 Å². The fourth-order valence-corrected chi connectivity index (χ4v) is 5.98. The lowest BCUT2D eigenvalue weighted by Gasteiger charge is -2.39. The molecule has 0 radical (unpaired) electrons. The molecule has 138 valence electrons. The molecule has 5 aromatic rings. The van der Waals surface area contributed by atoms with E-state index >= 15 is 0 Å². The predicted molar refractivity (Wildman–Crippen MR) is 126 cm³/mol. The van der Waals surface area contributed by atoms with E-state index < -0.39 is 0 Å². The molecule has 2 aliphatic rings. The van der Waals surface area contributed by atoms with E-state index in [0.717, 1.165) is 0 Å². The highest BCUT2D eigenvalue weighted by Gasteiger charge is 2.50. The van der Waals surface area contributed by atoms with Crippen LogP contribution in [-0.2, 0) is 5.41 Å². The molecular formula is C28H18BN. The molecule has 1 spiro atoms. The van der Waals surface area contributed by atoms with E-state index in [1.54, 1.807) is 0 Å². The molecule has 0 amide bonds. The lowest BCUT2D eigenvalue weighted by molar-refractivity contribution is 0.767. The summed E-state index contributed by atoms with van der Waals surface area (Å²) in [5.41, 5.74) is 11.6. The maximum absolute atomic E-state index is 4.62. The first kappa shape index (κ1) is 16.2. The second-order valence-corrected chi connectivity index (χ2v) is 8.42. The molecule has 2 heteroatoms. The quantitative estimate of drug-likeness (QED) is 0.344. The van der Waals surface area contributed by atoms with E-state index in [9.17, 15) is 0 Å². The second-order valence-electron chi connectivity index (χ2n) is 8.42. The third-order valence-corrected chi connectivity index (χ3v) is 7.13.